The smallest absolute Gasteiger partial charge is 0.244 e. The van der Waals surface area contributed by atoms with Crippen molar-refractivity contribution in [1.29, 1.82) is 0 Å². The highest BCUT2D eigenvalue weighted by atomic mass is 16.1. The third-order valence-electron chi connectivity index (χ3n) is 4.82. The average Bonchev–Trinajstić information content (AvgIpc) is 2.53. The lowest BCUT2D eigenvalue weighted by molar-refractivity contribution is -0.114. The average molecular weight is 338 g/mol. The monoisotopic (exact) mass is 337 g/mol. The molecule has 2 N–H and O–H groups in total. The number of amides is 1. The zero-order valence-electron chi connectivity index (χ0n) is 16.7. The third kappa shape index (κ3) is 17.6. The molecule has 0 bridgehead atoms. The number of unbranched alkanes of at least 4 members (excludes halogenated alkanes) is 13. The Morgan fingerprint density at radius 2 is 1.12 bits per heavy atom. The second-order valence-corrected chi connectivity index (χ2v) is 7.82. The second kappa shape index (κ2) is 17.0. The number of hydrogen-bond donors (Lipinski definition) is 1. The van der Waals surface area contributed by atoms with Gasteiger partial charge in [-0.05, 0) is 25.7 Å². The molecule has 0 aromatic rings. The molecule has 0 unspecified atom stereocenters. The van der Waals surface area contributed by atoms with Gasteiger partial charge in [0.1, 0.15) is 0 Å². The summed E-state index contributed by atoms with van der Waals surface area (Å²) in [6.07, 6.45) is 22.4. The van der Waals surface area contributed by atoms with Gasteiger partial charge in [0.05, 0.1) is 0 Å². The van der Waals surface area contributed by atoms with Crippen LogP contribution in [0, 0.1) is 5.92 Å². The minimum absolute atomic E-state index is 0.287. The van der Waals surface area contributed by atoms with Gasteiger partial charge < -0.3 is 5.73 Å². The number of nitrogens with two attached hydrogens (primary N) is 1. The Labute approximate surface area is 151 Å². The molecule has 0 saturated heterocycles. The lowest BCUT2D eigenvalue weighted by Gasteiger charge is -2.05. The highest BCUT2D eigenvalue weighted by Gasteiger charge is 1.97. The van der Waals surface area contributed by atoms with Gasteiger partial charge in [-0.2, -0.15) is 0 Å². The molecule has 0 spiro atoms. The predicted molar refractivity (Wildman–Crippen MR) is 107 cm³/mol. The molecule has 0 atom stereocenters. The molecule has 0 rings (SSSR count). The molecule has 0 heterocycles. The first-order chi connectivity index (χ1) is 11.5. The van der Waals surface area contributed by atoms with E-state index in [1.807, 2.05) is 6.08 Å². The predicted octanol–water partition coefficient (Wildman–Crippen LogP) is 6.93. The lowest BCUT2D eigenvalue weighted by atomic mass is 10.0. The molecule has 2 heteroatoms. The Hall–Kier alpha value is -0.790. The highest BCUT2D eigenvalue weighted by Crippen LogP contribution is 2.14. The molecule has 24 heavy (non-hydrogen) atoms. The Bertz CT molecular complexity index is 320. The van der Waals surface area contributed by atoms with Crippen LogP contribution in [0.2, 0.25) is 0 Å². The first-order valence-corrected chi connectivity index (χ1v) is 10.5. The SMILES string of the molecule is CC(=CCCCCCCCCCCCCCCCC(C)C)C(N)=O. The summed E-state index contributed by atoms with van der Waals surface area (Å²) in [5.41, 5.74) is 5.90. The normalized spacial score (nSPS) is 12.1. The van der Waals surface area contributed by atoms with Crippen LogP contribution in [0.3, 0.4) is 0 Å². The van der Waals surface area contributed by atoms with Gasteiger partial charge in [0.15, 0.2) is 0 Å². The van der Waals surface area contributed by atoms with Gasteiger partial charge in [0.2, 0.25) is 5.91 Å². The summed E-state index contributed by atoms with van der Waals surface area (Å²) >= 11 is 0. The molecule has 0 fully saturated rings. The van der Waals surface area contributed by atoms with Crippen molar-refractivity contribution in [2.45, 2.75) is 117 Å². The Morgan fingerprint density at radius 3 is 1.50 bits per heavy atom. The molecular weight excluding hydrogens is 294 g/mol. The molecule has 2 nitrogen and oxygen atoms in total. The number of hydrogen-bond acceptors (Lipinski definition) is 1. The Kier molecular flexibility index (Phi) is 16.5. The van der Waals surface area contributed by atoms with Gasteiger partial charge in [-0.1, -0.05) is 103 Å². The lowest BCUT2D eigenvalue weighted by Crippen LogP contribution is -2.11. The van der Waals surface area contributed by atoms with E-state index in [1.165, 1.54) is 89.9 Å². The van der Waals surface area contributed by atoms with Crippen molar-refractivity contribution in [2.24, 2.45) is 11.7 Å². The molecular formula is C22H43NO. The maximum atomic E-state index is 10.9. The fourth-order valence-electron chi connectivity index (χ4n) is 3.06. The van der Waals surface area contributed by atoms with Gasteiger partial charge in [-0.3, -0.25) is 4.79 Å². The van der Waals surface area contributed by atoms with Gasteiger partial charge in [0, 0.05) is 5.57 Å². The van der Waals surface area contributed by atoms with Crippen molar-refractivity contribution in [2.75, 3.05) is 0 Å². The molecule has 0 aliphatic rings. The fourth-order valence-corrected chi connectivity index (χ4v) is 3.06. The van der Waals surface area contributed by atoms with E-state index in [0.29, 0.717) is 5.57 Å². The van der Waals surface area contributed by atoms with Gasteiger partial charge in [0.25, 0.3) is 0 Å². The van der Waals surface area contributed by atoms with Crippen LogP contribution < -0.4 is 5.73 Å². The van der Waals surface area contributed by atoms with Crippen molar-refractivity contribution in [3.8, 4) is 0 Å². The van der Waals surface area contributed by atoms with E-state index in [2.05, 4.69) is 13.8 Å². The summed E-state index contributed by atoms with van der Waals surface area (Å²) in [6, 6.07) is 0. The maximum Gasteiger partial charge on any atom is 0.244 e. The quantitative estimate of drug-likeness (QED) is 0.227. The van der Waals surface area contributed by atoms with Crippen LogP contribution in [0.15, 0.2) is 11.6 Å². The van der Waals surface area contributed by atoms with Crippen LogP contribution in [-0.4, -0.2) is 5.91 Å². The third-order valence-corrected chi connectivity index (χ3v) is 4.82. The summed E-state index contributed by atoms with van der Waals surface area (Å²) < 4.78 is 0. The number of allylic oxidation sites excluding steroid dienone is 1. The topological polar surface area (TPSA) is 43.1 Å². The summed E-state index contributed by atoms with van der Waals surface area (Å²) in [5.74, 6) is 0.589. The minimum atomic E-state index is -0.287. The van der Waals surface area contributed by atoms with Crippen LogP contribution in [-0.2, 0) is 4.79 Å². The van der Waals surface area contributed by atoms with E-state index >= 15 is 0 Å². The zero-order chi connectivity index (χ0) is 18.0. The summed E-state index contributed by atoms with van der Waals surface area (Å²) in [5, 5.41) is 0. The molecule has 0 radical (unpaired) electrons. The molecule has 0 aliphatic heterocycles. The standard InChI is InChI=1S/C22H43NO/c1-20(2)18-16-14-12-10-8-6-4-5-7-9-11-13-15-17-19-21(3)22(23)24/h19-20H,4-18H2,1-3H3,(H2,23,24). The number of carbonyl (C=O) groups is 1. The van der Waals surface area contributed by atoms with Crippen molar-refractivity contribution < 1.29 is 4.79 Å². The van der Waals surface area contributed by atoms with Gasteiger partial charge >= 0.3 is 0 Å². The van der Waals surface area contributed by atoms with Gasteiger partial charge in [-0.15, -0.1) is 0 Å². The maximum absolute atomic E-state index is 10.9. The van der Waals surface area contributed by atoms with E-state index in [9.17, 15) is 4.79 Å². The van der Waals surface area contributed by atoms with E-state index < -0.39 is 0 Å². The van der Waals surface area contributed by atoms with E-state index in [4.69, 9.17) is 5.73 Å². The van der Waals surface area contributed by atoms with Crippen LogP contribution in [0.5, 0.6) is 0 Å². The summed E-state index contributed by atoms with van der Waals surface area (Å²) in [4.78, 5) is 10.9. The van der Waals surface area contributed by atoms with E-state index in [1.54, 1.807) is 6.92 Å². The highest BCUT2D eigenvalue weighted by molar-refractivity contribution is 5.91. The first kappa shape index (κ1) is 23.2. The number of primary amides is 1. The molecule has 0 saturated carbocycles. The van der Waals surface area contributed by atoms with Crippen molar-refractivity contribution >= 4 is 5.91 Å². The van der Waals surface area contributed by atoms with Crippen molar-refractivity contribution in [3.05, 3.63) is 11.6 Å². The summed E-state index contributed by atoms with van der Waals surface area (Å²) in [7, 11) is 0. The largest absolute Gasteiger partial charge is 0.366 e. The van der Waals surface area contributed by atoms with Crippen LogP contribution in [0.25, 0.3) is 0 Å². The fraction of sp³-hybridized carbons (Fsp3) is 0.864. The summed E-state index contributed by atoms with van der Waals surface area (Å²) in [6.45, 7) is 6.44. The number of carbonyl (C=O) groups excluding carboxylic acids is 1. The molecule has 142 valence electrons. The minimum Gasteiger partial charge on any atom is -0.366 e. The van der Waals surface area contributed by atoms with Crippen LogP contribution >= 0.6 is 0 Å². The second-order valence-electron chi connectivity index (χ2n) is 7.82. The van der Waals surface area contributed by atoms with Crippen LogP contribution in [0.1, 0.15) is 117 Å². The van der Waals surface area contributed by atoms with Crippen molar-refractivity contribution in [1.82, 2.24) is 0 Å². The van der Waals surface area contributed by atoms with E-state index in [0.717, 1.165) is 12.3 Å². The van der Waals surface area contributed by atoms with Crippen LogP contribution in [0.4, 0.5) is 0 Å². The molecule has 0 aromatic carbocycles. The molecule has 1 amide bonds. The Morgan fingerprint density at radius 1 is 0.750 bits per heavy atom. The number of rotatable bonds is 17. The van der Waals surface area contributed by atoms with E-state index in [-0.39, 0.29) is 5.91 Å². The molecule has 0 aliphatic carbocycles. The Balaban J connectivity index is 3.13. The molecule has 0 aromatic heterocycles. The zero-order valence-corrected chi connectivity index (χ0v) is 16.7. The van der Waals surface area contributed by atoms with Gasteiger partial charge in [-0.25, -0.2) is 0 Å². The van der Waals surface area contributed by atoms with Crippen molar-refractivity contribution in [3.63, 3.8) is 0 Å². The first-order valence-electron chi connectivity index (χ1n) is 10.5.